The molecule has 11 aromatic rings. The first-order valence-corrected chi connectivity index (χ1v) is 36.1. The largest absolute Gasteiger partial charge is 0.446 e. The zero-order valence-corrected chi connectivity index (χ0v) is 70.1. The van der Waals surface area contributed by atoms with Gasteiger partial charge in [0, 0.05) is 129 Å². The number of imidazole rings is 1. The molecule has 27 heteroatoms. The number of hydrogen-bond acceptors (Lipinski definition) is 19. The number of pyridine rings is 1. The molecule has 0 radical (unpaired) electrons. The van der Waals surface area contributed by atoms with Crippen molar-refractivity contribution < 1.29 is 17.7 Å². The van der Waals surface area contributed by atoms with Gasteiger partial charge in [-0.1, -0.05) is 11.3 Å². The smallest absolute Gasteiger partial charge is 0.419 e. The van der Waals surface area contributed by atoms with Crippen LogP contribution in [0.2, 0.25) is 0 Å². The zero-order chi connectivity index (χ0) is 74.1. The van der Waals surface area contributed by atoms with Crippen molar-refractivity contribution in [3.63, 3.8) is 0 Å². The number of aryl methyl sites for hydroxylation is 17. The van der Waals surface area contributed by atoms with Crippen molar-refractivity contribution in [2.24, 2.45) is 59.3 Å². The Morgan fingerprint density at radius 3 is 1.00 bits per heavy atom. The van der Waals surface area contributed by atoms with Gasteiger partial charge in [-0.25, -0.2) is 24.7 Å². The molecular formula is C69H105N13O6S8. The molecule has 0 aliphatic heterocycles. The van der Waals surface area contributed by atoms with Crippen molar-refractivity contribution in [3.05, 3.63) is 187 Å². The summed E-state index contributed by atoms with van der Waals surface area (Å²) in [7, 11) is 16.9. The van der Waals surface area contributed by atoms with E-state index in [1.165, 1.54) is 91.3 Å². The van der Waals surface area contributed by atoms with E-state index in [2.05, 4.69) is 124 Å². The van der Waals surface area contributed by atoms with Crippen LogP contribution >= 0.6 is 93.3 Å². The third kappa shape index (κ3) is 22.8. The molecule has 11 heterocycles. The number of rotatable bonds is 0. The SMILES string of the molecule is CN=c1oc(C)c(C)n1C.CN=c1sc(C)c(C)n1C.Cc1nc(C)c(C)o1.Cc1nc(C)c(C)s1.Cc1nc2c(C)c(C)c(C)c(C)n2c1C.Cc1oc(=O)n(C)c1C.Cc1oc(=S)n(C)c1C.Cc1sc(=O)n(C)c1C.Cc1sc(=S)n(C)c1C.Cc1sc(=S)n(C)c1C. The standard InChI is InChI=1S/C13H18N2.C7H12N2O.C7H12N2S.C6H9NO2.2C6H9NOS.C6H9NO.2C6H9NS2.C6H9NS/c1-7-8(2)11(5)15-12(6)10(4)14-13(15)9(7)3;2*1-5-6(2)10-7(8-3)9(5)4;2*1-4-5(2)9-6(8)7(4)3;1-4-5(2)8-6(9)7(4)3;1-4-5(2)8-6(3)7-4;2*1-4-5(2)9-6(8)7(4)3;1-4-5(2)8-6(3)7-4/h1-6H3;2*1-4H3;3*1-3H3;1-3H3;2*1-3H3;1-3H3. The van der Waals surface area contributed by atoms with Gasteiger partial charge in [-0.3, -0.25) is 18.9 Å². The quantitative estimate of drug-likeness (QED) is 0.131. The number of oxazole rings is 4. The molecule has 0 aliphatic carbocycles. The van der Waals surface area contributed by atoms with Gasteiger partial charge >= 0.3 is 10.6 Å². The minimum atomic E-state index is -0.287. The average molecular weight is 1470 g/mol. The molecule has 0 bridgehead atoms. The number of hydrogen-bond donors (Lipinski definition) is 0. The van der Waals surface area contributed by atoms with Crippen molar-refractivity contribution in [2.75, 3.05) is 14.1 Å². The van der Waals surface area contributed by atoms with Crippen LogP contribution in [0.15, 0.2) is 37.2 Å². The van der Waals surface area contributed by atoms with Crippen molar-refractivity contribution in [3.8, 4) is 0 Å². The van der Waals surface area contributed by atoms with E-state index in [1.807, 2.05) is 144 Å². The highest BCUT2D eigenvalue weighted by atomic mass is 32.2. The molecule has 0 aromatic carbocycles. The van der Waals surface area contributed by atoms with E-state index in [9.17, 15) is 9.59 Å². The van der Waals surface area contributed by atoms with Crippen LogP contribution in [0.4, 0.5) is 0 Å². The van der Waals surface area contributed by atoms with E-state index in [0.29, 0.717) is 16.3 Å². The summed E-state index contributed by atoms with van der Waals surface area (Å²) in [6.07, 6.45) is 0. The van der Waals surface area contributed by atoms with Crippen molar-refractivity contribution in [1.29, 1.82) is 0 Å². The van der Waals surface area contributed by atoms with Crippen LogP contribution in [0.5, 0.6) is 0 Å². The molecule has 19 nitrogen and oxygen atoms in total. The highest BCUT2D eigenvalue weighted by Gasteiger charge is 2.14. The van der Waals surface area contributed by atoms with Crippen molar-refractivity contribution in [1.82, 2.24) is 51.3 Å². The Hall–Kier alpha value is -6.46. The molecule has 0 atom stereocenters. The lowest BCUT2D eigenvalue weighted by Gasteiger charge is -2.12. The van der Waals surface area contributed by atoms with Gasteiger partial charge in [-0.05, 0) is 226 Å². The second-order valence-electron chi connectivity index (χ2n) is 23.1. The fourth-order valence-corrected chi connectivity index (χ4v) is 13.9. The van der Waals surface area contributed by atoms with Crippen LogP contribution in [0, 0.1) is 193 Å². The van der Waals surface area contributed by atoms with Gasteiger partial charge in [0.25, 0.3) is 10.5 Å². The summed E-state index contributed by atoms with van der Waals surface area (Å²) in [6, 6.07) is 0. The number of nitrogens with zero attached hydrogens (tertiary/aromatic N) is 13. The first-order valence-electron chi connectivity index (χ1n) is 30.8. The van der Waals surface area contributed by atoms with E-state index in [0.717, 1.165) is 80.6 Å². The number of fused-ring (bicyclic) bond motifs is 1. The molecule has 0 aliphatic rings. The highest BCUT2D eigenvalue weighted by molar-refractivity contribution is 7.73. The first-order chi connectivity index (χ1) is 44.3. The summed E-state index contributed by atoms with van der Waals surface area (Å²) in [6.45, 7) is 52.7. The topological polar surface area (TPSA) is 189 Å². The Kier molecular flexibility index (Phi) is 33.9. The Morgan fingerprint density at radius 2 is 0.802 bits per heavy atom. The first kappa shape index (κ1) is 85.6. The van der Waals surface area contributed by atoms with Crippen LogP contribution in [0.1, 0.15) is 143 Å². The van der Waals surface area contributed by atoms with E-state index in [-0.39, 0.29) is 10.6 Å². The van der Waals surface area contributed by atoms with Gasteiger partial charge in [0.15, 0.2) is 18.6 Å². The molecular weight excluding hydrogens is 1360 g/mol. The fraction of sp³-hybridized carbons (Fsp3) is 0.507. The molecule has 96 heavy (non-hydrogen) atoms. The van der Waals surface area contributed by atoms with E-state index >= 15 is 0 Å². The second kappa shape index (κ2) is 38.0. The highest BCUT2D eigenvalue weighted by Crippen LogP contribution is 2.25. The molecule has 0 fully saturated rings. The molecule has 0 N–H and O–H groups in total. The fourth-order valence-electron chi connectivity index (χ4n) is 8.37. The molecule has 0 saturated heterocycles. The molecule has 0 spiro atoms. The van der Waals surface area contributed by atoms with Crippen LogP contribution in [-0.4, -0.2) is 65.4 Å². The number of thiazole rings is 5. The van der Waals surface area contributed by atoms with Crippen LogP contribution < -0.4 is 21.1 Å². The predicted molar refractivity (Wildman–Crippen MR) is 411 cm³/mol. The van der Waals surface area contributed by atoms with Gasteiger partial charge in [-0.2, -0.15) is 0 Å². The summed E-state index contributed by atoms with van der Waals surface area (Å²) in [5.74, 6) is 3.92. The van der Waals surface area contributed by atoms with Crippen molar-refractivity contribution >= 4 is 99.0 Å². The lowest BCUT2D eigenvalue weighted by atomic mass is 10.0. The monoisotopic (exact) mass is 1470 g/mol. The lowest BCUT2D eigenvalue weighted by Crippen LogP contribution is -2.12. The maximum Gasteiger partial charge on any atom is 0.419 e. The molecule has 11 aromatic heterocycles. The van der Waals surface area contributed by atoms with E-state index < -0.39 is 0 Å². The second-order valence-corrected chi connectivity index (χ2v) is 30.9. The summed E-state index contributed by atoms with van der Waals surface area (Å²) in [5, 5.41) is 1.17. The van der Waals surface area contributed by atoms with Crippen molar-refractivity contribution in [2.45, 2.75) is 180 Å². The number of aromatic nitrogens is 11. The molecule has 0 saturated carbocycles. The van der Waals surface area contributed by atoms with Crippen LogP contribution in [0.3, 0.4) is 0 Å². The maximum absolute atomic E-state index is 10.8. The van der Waals surface area contributed by atoms with Gasteiger partial charge in [0.2, 0.25) is 0 Å². The Labute approximate surface area is 603 Å². The minimum Gasteiger partial charge on any atom is -0.446 e. The Morgan fingerprint density at radius 1 is 0.354 bits per heavy atom. The van der Waals surface area contributed by atoms with Crippen LogP contribution in [-0.2, 0) is 49.3 Å². The summed E-state index contributed by atoms with van der Waals surface area (Å²) in [4.78, 5) is 50.7. The Balaban J connectivity index is 0.000000365. The third-order valence-electron chi connectivity index (χ3n) is 17.1. The molecule has 11 rings (SSSR count). The zero-order valence-electron chi connectivity index (χ0n) is 63.5. The van der Waals surface area contributed by atoms with E-state index in [1.54, 1.807) is 78.0 Å². The molecule has 0 unspecified atom stereocenters. The maximum atomic E-state index is 10.8. The normalized spacial score (nSPS) is 10.8. The summed E-state index contributed by atoms with van der Waals surface area (Å²) >= 11 is 23.1. The van der Waals surface area contributed by atoms with Gasteiger partial charge in [0.05, 0.1) is 39.2 Å². The van der Waals surface area contributed by atoms with E-state index in [4.69, 9.17) is 54.3 Å². The minimum absolute atomic E-state index is 0.130. The third-order valence-corrected chi connectivity index (χ3v) is 23.8. The lowest BCUT2D eigenvalue weighted by molar-refractivity contribution is 0.454. The average Bonchev–Trinajstić information content (AvgIpc) is 1.55. The molecule has 530 valence electrons. The van der Waals surface area contributed by atoms with Gasteiger partial charge in [0.1, 0.15) is 28.7 Å². The predicted octanol–water partition coefficient (Wildman–Crippen LogP) is 17.3. The Bertz CT molecular complexity index is 4390. The van der Waals surface area contributed by atoms with Gasteiger partial charge in [-0.15, -0.1) is 45.3 Å². The summed E-state index contributed by atoms with van der Waals surface area (Å²) in [5.41, 5.74) is 19.8. The molecule has 0 amide bonds. The van der Waals surface area contributed by atoms with Gasteiger partial charge < -0.3 is 44.9 Å². The summed E-state index contributed by atoms with van der Waals surface area (Å²) < 4.78 is 37.6. The van der Waals surface area contributed by atoms with Crippen LogP contribution in [0.25, 0.3) is 5.65 Å².